The molecule has 0 spiro atoms. The Kier molecular flexibility index (Phi) is 16.2. The van der Waals surface area contributed by atoms with Crippen LogP contribution in [0.15, 0.2) is 72.8 Å². The molecule has 248 valence electrons. The predicted octanol–water partition coefficient (Wildman–Crippen LogP) is 8.87. The lowest BCUT2D eigenvalue weighted by molar-refractivity contribution is -0.117. The van der Waals surface area contributed by atoms with Gasteiger partial charge in [-0.3, -0.25) is 14.4 Å². The number of rotatable bonds is 8. The van der Waals surface area contributed by atoms with Crippen LogP contribution in [0, 0.1) is 11.7 Å². The highest BCUT2D eigenvalue weighted by Crippen LogP contribution is 2.27. The summed E-state index contributed by atoms with van der Waals surface area (Å²) in [6, 6.07) is 20.4. The van der Waals surface area contributed by atoms with Gasteiger partial charge in [0.1, 0.15) is 11.5 Å². The standard InChI is InChI=1S/C31H31FN4O4.3C2H6/c1-20(37)33-24-6-8-25(9-7-24)35-31(39)29-18-23-17-26(34-30(38)16-21-12-14-40-15-13-21)10-11-28(23)36(29)19-22-4-2-3-5-27(22)32;3*1-2/h2-11,17-18,21H,12-16,19H2,1H3,(H,33,37)(H,34,38)(H,35,39);3*1-2H3. The van der Waals surface area contributed by atoms with Crippen molar-refractivity contribution >= 4 is 45.7 Å². The Bertz CT molecular complexity index is 1540. The second-order valence-electron chi connectivity index (χ2n) is 10.0. The zero-order valence-corrected chi connectivity index (χ0v) is 28.2. The molecule has 3 N–H and O–H groups in total. The monoisotopic (exact) mass is 632 g/mol. The van der Waals surface area contributed by atoms with Crippen molar-refractivity contribution in [3.8, 4) is 0 Å². The molecule has 0 unspecified atom stereocenters. The van der Waals surface area contributed by atoms with Gasteiger partial charge in [0.2, 0.25) is 11.8 Å². The fourth-order valence-electron chi connectivity index (χ4n) is 4.96. The van der Waals surface area contributed by atoms with Crippen LogP contribution >= 0.6 is 0 Å². The number of amides is 3. The second kappa shape index (κ2) is 19.8. The summed E-state index contributed by atoms with van der Waals surface area (Å²) in [5.74, 6) is -0.667. The molecule has 4 aromatic rings. The molecule has 1 saturated heterocycles. The first-order valence-electron chi connectivity index (χ1n) is 16.3. The molecule has 2 heterocycles. The first kappa shape index (κ1) is 37.7. The molecule has 0 radical (unpaired) electrons. The van der Waals surface area contributed by atoms with Gasteiger partial charge in [0.25, 0.3) is 5.91 Å². The molecule has 0 bridgehead atoms. The SMILES string of the molecule is CC.CC.CC.CC(=O)Nc1ccc(NC(=O)c2cc3cc(NC(=O)CC4CCOCC4)ccc3n2Cc2ccccc2F)cc1. The molecule has 1 aliphatic heterocycles. The van der Waals surface area contributed by atoms with Crippen LogP contribution in [0.5, 0.6) is 0 Å². The lowest BCUT2D eigenvalue weighted by atomic mass is 9.96. The molecule has 9 heteroatoms. The smallest absolute Gasteiger partial charge is 0.272 e. The summed E-state index contributed by atoms with van der Waals surface area (Å²) >= 11 is 0. The number of nitrogens with zero attached hydrogens (tertiary/aromatic N) is 1. The third kappa shape index (κ3) is 10.8. The van der Waals surface area contributed by atoms with Crippen molar-refractivity contribution in [2.45, 2.75) is 74.3 Å². The predicted molar refractivity (Wildman–Crippen MR) is 187 cm³/mol. The van der Waals surface area contributed by atoms with Crippen molar-refractivity contribution in [3.63, 3.8) is 0 Å². The molecule has 0 atom stereocenters. The van der Waals surface area contributed by atoms with E-state index in [0.29, 0.717) is 53.9 Å². The Labute approximate surface area is 272 Å². The van der Waals surface area contributed by atoms with Gasteiger partial charge in [-0.15, -0.1) is 0 Å². The van der Waals surface area contributed by atoms with Crippen LogP contribution < -0.4 is 16.0 Å². The number of carbonyl (C=O) groups is 3. The summed E-state index contributed by atoms with van der Waals surface area (Å²) < 4.78 is 21.7. The molecular weight excluding hydrogens is 583 g/mol. The maximum absolute atomic E-state index is 14.6. The fourth-order valence-corrected chi connectivity index (χ4v) is 4.96. The quantitative estimate of drug-likeness (QED) is 0.181. The van der Waals surface area contributed by atoms with E-state index in [9.17, 15) is 18.8 Å². The number of aromatic nitrogens is 1. The minimum Gasteiger partial charge on any atom is -0.381 e. The zero-order valence-electron chi connectivity index (χ0n) is 28.2. The molecule has 0 saturated carbocycles. The minimum absolute atomic E-state index is 0.0577. The van der Waals surface area contributed by atoms with Gasteiger partial charge in [-0.05, 0) is 73.4 Å². The van der Waals surface area contributed by atoms with Gasteiger partial charge in [0, 0.05) is 60.1 Å². The van der Waals surface area contributed by atoms with Crippen molar-refractivity contribution in [2.75, 3.05) is 29.2 Å². The molecule has 46 heavy (non-hydrogen) atoms. The van der Waals surface area contributed by atoms with Crippen LogP contribution in [0.1, 0.15) is 83.8 Å². The Morgan fingerprint density at radius 3 is 1.98 bits per heavy atom. The van der Waals surface area contributed by atoms with Crippen molar-refractivity contribution in [3.05, 3.63) is 89.9 Å². The molecular formula is C37H49FN4O4. The molecule has 5 rings (SSSR count). The lowest BCUT2D eigenvalue weighted by Crippen LogP contribution is -2.22. The van der Waals surface area contributed by atoms with Crippen LogP contribution in [0.3, 0.4) is 0 Å². The summed E-state index contributed by atoms with van der Waals surface area (Å²) in [7, 11) is 0. The average molecular weight is 633 g/mol. The van der Waals surface area contributed by atoms with Gasteiger partial charge in [-0.25, -0.2) is 4.39 Å². The van der Waals surface area contributed by atoms with Crippen molar-refractivity contribution in [2.24, 2.45) is 5.92 Å². The van der Waals surface area contributed by atoms with E-state index in [1.165, 1.54) is 13.0 Å². The number of carbonyl (C=O) groups excluding carboxylic acids is 3. The van der Waals surface area contributed by atoms with Gasteiger partial charge in [-0.2, -0.15) is 0 Å². The first-order chi connectivity index (χ1) is 22.4. The number of hydrogen-bond donors (Lipinski definition) is 3. The highest BCUT2D eigenvalue weighted by Gasteiger charge is 2.20. The number of halogens is 1. The molecule has 1 aromatic heterocycles. The molecule has 3 amide bonds. The normalized spacial score (nSPS) is 12.3. The lowest BCUT2D eigenvalue weighted by Gasteiger charge is -2.21. The molecule has 8 nitrogen and oxygen atoms in total. The third-order valence-corrected chi connectivity index (χ3v) is 6.98. The van der Waals surface area contributed by atoms with Crippen LogP contribution in [0.4, 0.5) is 21.5 Å². The maximum Gasteiger partial charge on any atom is 0.272 e. The van der Waals surface area contributed by atoms with Gasteiger partial charge < -0.3 is 25.3 Å². The van der Waals surface area contributed by atoms with Gasteiger partial charge in [0.15, 0.2) is 0 Å². The van der Waals surface area contributed by atoms with E-state index in [4.69, 9.17) is 4.74 Å². The minimum atomic E-state index is -0.370. The second-order valence-corrected chi connectivity index (χ2v) is 10.0. The third-order valence-electron chi connectivity index (χ3n) is 6.98. The molecule has 3 aromatic carbocycles. The number of nitrogens with one attached hydrogen (secondary N) is 3. The van der Waals surface area contributed by atoms with Gasteiger partial charge in [-0.1, -0.05) is 59.7 Å². The highest BCUT2D eigenvalue weighted by molar-refractivity contribution is 6.07. The van der Waals surface area contributed by atoms with Crippen LogP contribution in [0.2, 0.25) is 0 Å². The Morgan fingerprint density at radius 1 is 0.783 bits per heavy atom. The van der Waals surface area contributed by atoms with Crippen molar-refractivity contribution in [1.82, 2.24) is 4.57 Å². The van der Waals surface area contributed by atoms with E-state index in [1.807, 2.05) is 53.7 Å². The van der Waals surface area contributed by atoms with Crippen LogP contribution in [-0.4, -0.2) is 35.5 Å². The molecule has 1 aliphatic rings. The number of anilines is 3. The topological polar surface area (TPSA) is 101 Å². The van der Waals surface area contributed by atoms with E-state index in [1.54, 1.807) is 59.2 Å². The maximum atomic E-state index is 14.6. The van der Waals surface area contributed by atoms with Gasteiger partial charge >= 0.3 is 0 Å². The summed E-state index contributed by atoms with van der Waals surface area (Å²) in [5.41, 5.74) is 3.32. The number of fused-ring (bicyclic) bond motifs is 1. The van der Waals surface area contributed by atoms with Crippen molar-refractivity contribution in [1.29, 1.82) is 0 Å². The number of ether oxygens (including phenoxy) is 1. The fraction of sp³-hybridized carbons (Fsp3) is 0.378. The van der Waals surface area contributed by atoms with E-state index < -0.39 is 0 Å². The Balaban J connectivity index is 0.00000116. The summed E-state index contributed by atoms with van der Waals surface area (Å²) in [5, 5.41) is 9.30. The highest BCUT2D eigenvalue weighted by atomic mass is 19.1. The van der Waals surface area contributed by atoms with Crippen LogP contribution in [0.25, 0.3) is 10.9 Å². The molecule has 0 aliphatic carbocycles. The molecule has 1 fully saturated rings. The summed E-state index contributed by atoms with van der Waals surface area (Å²) in [6.45, 7) is 14.9. The van der Waals surface area contributed by atoms with E-state index in [-0.39, 0.29) is 30.1 Å². The van der Waals surface area contributed by atoms with Crippen molar-refractivity contribution < 1.29 is 23.5 Å². The van der Waals surface area contributed by atoms with Crippen LogP contribution in [-0.2, 0) is 20.9 Å². The Morgan fingerprint density at radius 2 is 1.37 bits per heavy atom. The summed E-state index contributed by atoms with van der Waals surface area (Å²) in [4.78, 5) is 37.4. The number of benzene rings is 3. The first-order valence-corrected chi connectivity index (χ1v) is 16.3. The van der Waals surface area contributed by atoms with E-state index >= 15 is 0 Å². The Hall–Kier alpha value is -4.50. The number of hydrogen-bond acceptors (Lipinski definition) is 4. The summed E-state index contributed by atoms with van der Waals surface area (Å²) in [6.07, 6.45) is 2.18. The zero-order chi connectivity index (χ0) is 34.1. The average Bonchev–Trinajstić information content (AvgIpc) is 3.43. The largest absolute Gasteiger partial charge is 0.381 e. The van der Waals surface area contributed by atoms with Gasteiger partial charge in [0.05, 0.1) is 6.54 Å². The van der Waals surface area contributed by atoms with E-state index in [2.05, 4.69) is 16.0 Å². The van der Waals surface area contributed by atoms with E-state index in [0.717, 1.165) is 23.7 Å².